The second-order valence-corrected chi connectivity index (χ2v) is 8.76. The Kier molecular flexibility index (Phi) is 6.03. The molecule has 3 aromatic heterocycles. The van der Waals surface area contributed by atoms with Gasteiger partial charge in [0.25, 0.3) is 5.56 Å². The van der Waals surface area contributed by atoms with Gasteiger partial charge in [-0.05, 0) is 26.0 Å². The van der Waals surface area contributed by atoms with Gasteiger partial charge in [-0.15, -0.1) is 16.8 Å². The Hall–Kier alpha value is -4.06. The van der Waals surface area contributed by atoms with Gasteiger partial charge < -0.3 is 13.9 Å². The molecule has 0 fully saturated rings. The molecule has 0 saturated carbocycles. The SMILES string of the molecule is C=CCn1c(SCC(=O)Nc2oc(C)c3c(C)n[nH]c(=O)c23)nnc1C1COc2ccccc2O1. The molecular weight excluding hydrogens is 472 g/mol. The van der Waals surface area contributed by atoms with Crippen LogP contribution in [-0.2, 0) is 11.3 Å². The predicted molar refractivity (Wildman–Crippen MR) is 129 cm³/mol. The number of nitrogens with zero attached hydrogens (tertiary/aromatic N) is 4. The third-order valence-corrected chi connectivity index (χ3v) is 6.40. The van der Waals surface area contributed by atoms with E-state index in [9.17, 15) is 9.59 Å². The Morgan fingerprint density at radius 2 is 2.09 bits per heavy atom. The molecule has 1 aliphatic heterocycles. The number of amides is 1. The number of furan rings is 1. The van der Waals surface area contributed by atoms with E-state index in [1.54, 1.807) is 19.9 Å². The summed E-state index contributed by atoms with van der Waals surface area (Å²) in [6.07, 6.45) is 1.26. The number of aromatic nitrogens is 5. The molecule has 35 heavy (non-hydrogen) atoms. The highest BCUT2D eigenvalue weighted by Gasteiger charge is 2.28. The van der Waals surface area contributed by atoms with Crippen LogP contribution in [0, 0.1) is 13.8 Å². The first kappa shape index (κ1) is 22.7. The van der Waals surface area contributed by atoms with Crippen LogP contribution in [0.3, 0.4) is 0 Å². The van der Waals surface area contributed by atoms with E-state index in [1.807, 2.05) is 28.8 Å². The molecule has 5 rings (SSSR count). The minimum Gasteiger partial charge on any atom is -0.485 e. The standard InChI is InChI=1S/C23H22N6O5S/c1-4-9-29-20(16-10-32-14-7-5-6-8-15(14)34-16)26-28-23(29)35-11-17(30)24-22-19-18(13(3)33-22)12(2)25-27-21(19)31/h4-8,16H,1,9-11H2,2-3H3,(H,24,30)(H,27,31). The van der Waals surface area contributed by atoms with Gasteiger partial charge in [-0.3, -0.25) is 19.5 Å². The third kappa shape index (κ3) is 4.28. The summed E-state index contributed by atoms with van der Waals surface area (Å²) in [6, 6.07) is 7.42. The van der Waals surface area contributed by atoms with Gasteiger partial charge in [0.15, 0.2) is 28.6 Å². The molecule has 1 aliphatic rings. The number of benzene rings is 1. The zero-order valence-corrected chi connectivity index (χ0v) is 19.8. The van der Waals surface area contributed by atoms with Gasteiger partial charge >= 0.3 is 0 Å². The van der Waals surface area contributed by atoms with Crippen molar-refractivity contribution < 1.29 is 18.7 Å². The smallest absolute Gasteiger partial charge is 0.277 e. The molecule has 4 aromatic rings. The van der Waals surface area contributed by atoms with Crippen LogP contribution in [0.5, 0.6) is 11.5 Å². The van der Waals surface area contributed by atoms with E-state index in [4.69, 9.17) is 13.9 Å². The Bertz CT molecular complexity index is 1490. The molecule has 1 unspecified atom stereocenters. The highest BCUT2D eigenvalue weighted by molar-refractivity contribution is 7.99. The Morgan fingerprint density at radius 3 is 2.89 bits per heavy atom. The van der Waals surface area contributed by atoms with Crippen LogP contribution >= 0.6 is 11.8 Å². The van der Waals surface area contributed by atoms with Crippen LogP contribution in [0.2, 0.25) is 0 Å². The average molecular weight is 495 g/mol. The first-order valence-electron chi connectivity index (χ1n) is 10.8. The second kappa shape index (κ2) is 9.29. The molecule has 0 aliphatic carbocycles. The number of anilines is 1. The number of allylic oxidation sites excluding steroid dienone is 1. The normalized spacial score (nSPS) is 14.7. The van der Waals surface area contributed by atoms with Crippen LogP contribution in [-0.4, -0.2) is 43.2 Å². The van der Waals surface area contributed by atoms with Crippen molar-refractivity contribution in [1.82, 2.24) is 25.0 Å². The van der Waals surface area contributed by atoms with Gasteiger partial charge in [0.1, 0.15) is 17.8 Å². The van der Waals surface area contributed by atoms with Gasteiger partial charge in [-0.25, -0.2) is 5.10 Å². The summed E-state index contributed by atoms with van der Waals surface area (Å²) >= 11 is 1.20. The molecule has 12 heteroatoms. The summed E-state index contributed by atoms with van der Waals surface area (Å²) < 4.78 is 19.4. The Labute approximate surface area is 203 Å². The number of nitrogens with one attached hydrogen (secondary N) is 2. The maximum absolute atomic E-state index is 12.7. The summed E-state index contributed by atoms with van der Waals surface area (Å²) in [4.78, 5) is 25.0. The average Bonchev–Trinajstić information content (AvgIpc) is 3.41. The van der Waals surface area contributed by atoms with Crippen molar-refractivity contribution in [3.63, 3.8) is 0 Å². The first-order valence-corrected chi connectivity index (χ1v) is 11.8. The molecule has 1 aromatic carbocycles. The quantitative estimate of drug-likeness (QED) is 0.293. The van der Waals surface area contributed by atoms with Gasteiger partial charge in [0, 0.05) is 6.54 Å². The van der Waals surface area contributed by atoms with Crippen molar-refractivity contribution in [1.29, 1.82) is 0 Å². The molecule has 0 saturated heterocycles. The van der Waals surface area contributed by atoms with Crippen LogP contribution in [0.4, 0.5) is 5.88 Å². The van der Waals surface area contributed by atoms with Crippen LogP contribution < -0.4 is 20.3 Å². The molecule has 0 spiro atoms. The van der Waals surface area contributed by atoms with Gasteiger partial charge in [0.05, 0.1) is 16.8 Å². The van der Waals surface area contributed by atoms with E-state index in [0.717, 1.165) is 0 Å². The Balaban J connectivity index is 1.32. The van der Waals surface area contributed by atoms with Gasteiger partial charge in [-0.2, -0.15) is 5.10 Å². The molecule has 2 N–H and O–H groups in total. The number of H-pyrrole nitrogens is 1. The fraction of sp³-hybridized carbons (Fsp3) is 0.261. The fourth-order valence-electron chi connectivity index (χ4n) is 3.92. The molecule has 0 radical (unpaired) electrons. The van der Waals surface area contributed by atoms with E-state index in [1.165, 1.54) is 11.8 Å². The highest BCUT2D eigenvalue weighted by atomic mass is 32.2. The van der Waals surface area contributed by atoms with E-state index < -0.39 is 11.7 Å². The lowest BCUT2D eigenvalue weighted by Gasteiger charge is -2.26. The number of aromatic amines is 1. The number of fused-ring (bicyclic) bond motifs is 2. The highest BCUT2D eigenvalue weighted by Crippen LogP contribution is 2.36. The van der Waals surface area contributed by atoms with Gasteiger partial charge in [-0.1, -0.05) is 30.0 Å². The molecule has 1 atom stereocenters. The lowest BCUT2D eigenvalue weighted by molar-refractivity contribution is -0.113. The lowest BCUT2D eigenvalue weighted by Crippen LogP contribution is -2.25. The molecule has 4 heterocycles. The lowest BCUT2D eigenvalue weighted by atomic mass is 10.2. The minimum atomic E-state index is -0.457. The maximum Gasteiger partial charge on any atom is 0.277 e. The summed E-state index contributed by atoms with van der Waals surface area (Å²) in [5.74, 6) is 2.14. The van der Waals surface area contributed by atoms with E-state index in [0.29, 0.717) is 45.9 Å². The van der Waals surface area contributed by atoms with E-state index >= 15 is 0 Å². The number of hydrogen-bond donors (Lipinski definition) is 2. The maximum atomic E-state index is 12.7. The number of ether oxygens (including phenoxy) is 2. The van der Waals surface area contributed by atoms with Crippen molar-refractivity contribution in [2.24, 2.45) is 0 Å². The van der Waals surface area contributed by atoms with E-state index in [2.05, 4.69) is 32.3 Å². The predicted octanol–water partition coefficient (Wildman–Crippen LogP) is 3.15. The fourth-order valence-corrected chi connectivity index (χ4v) is 4.67. The summed E-state index contributed by atoms with van der Waals surface area (Å²) in [5.41, 5.74) is 0.175. The minimum absolute atomic E-state index is 0.0172. The summed E-state index contributed by atoms with van der Waals surface area (Å²) in [6.45, 7) is 7.99. The number of rotatable bonds is 7. The Morgan fingerprint density at radius 1 is 1.29 bits per heavy atom. The number of carbonyl (C=O) groups is 1. The molecule has 11 nitrogen and oxygen atoms in total. The van der Waals surface area contributed by atoms with Gasteiger partial charge in [0.2, 0.25) is 11.8 Å². The molecule has 1 amide bonds. The topological polar surface area (TPSA) is 137 Å². The largest absolute Gasteiger partial charge is 0.485 e. The summed E-state index contributed by atoms with van der Waals surface area (Å²) in [5, 5.41) is 19.0. The number of hydrogen-bond acceptors (Lipinski definition) is 9. The number of aryl methyl sites for hydroxylation is 2. The number of carbonyl (C=O) groups excluding carboxylic acids is 1. The summed E-state index contributed by atoms with van der Waals surface area (Å²) in [7, 11) is 0. The van der Waals surface area contributed by atoms with Crippen LogP contribution in [0.1, 0.15) is 23.4 Å². The van der Waals surface area contributed by atoms with Crippen molar-refractivity contribution in [3.8, 4) is 11.5 Å². The van der Waals surface area contributed by atoms with Crippen LogP contribution in [0.15, 0.2) is 51.3 Å². The first-order chi connectivity index (χ1) is 17.0. The molecular formula is C23H22N6O5S. The zero-order chi connectivity index (χ0) is 24.5. The van der Waals surface area contributed by atoms with Crippen molar-refractivity contribution >= 4 is 34.3 Å². The molecule has 0 bridgehead atoms. The number of para-hydroxylation sites is 2. The molecule has 180 valence electrons. The van der Waals surface area contributed by atoms with E-state index in [-0.39, 0.29) is 29.5 Å². The van der Waals surface area contributed by atoms with Crippen molar-refractivity contribution in [3.05, 3.63) is 64.6 Å². The third-order valence-electron chi connectivity index (χ3n) is 5.44. The second-order valence-electron chi connectivity index (χ2n) is 7.82. The van der Waals surface area contributed by atoms with Crippen LogP contribution in [0.25, 0.3) is 10.8 Å². The monoisotopic (exact) mass is 494 g/mol. The number of thioether (sulfide) groups is 1. The zero-order valence-electron chi connectivity index (χ0n) is 19.0. The van der Waals surface area contributed by atoms with Crippen molar-refractivity contribution in [2.75, 3.05) is 17.7 Å². The van der Waals surface area contributed by atoms with Crippen molar-refractivity contribution in [2.45, 2.75) is 31.7 Å².